The average molecular weight is 392 g/mol. The van der Waals surface area contributed by atoms with E-state index in [9.17, 15) is 9.59 Å². The minimum atomic E-state index is -0.251. The number of H-pyrrole nitrogens is 1. The molecule has 2 aromatic carbocycles. The highest BCUT2D eigenvalue weighted by atomic mass is 32.2. The molecule has 9 heteroatoms. The van der Waals surface area contributed by atoms with Crippen molar-refractivity contribution in [3.63, 3.8) is 0 Å². The fraction of sp³-hybridized carbons (Fsp3) is 0.105. The summed E-state index contributed by atoms with van der Waals surface area (Å²) in [4.78, 5) is 27.5. The number of rotatable bonds is 6. The van der Waals surface area contributed by atoms with E-state index in [4.69, 9.17) is 5.26 Å². The van der Waals surface area contributed by atoms with Gasteiger partial charge in [-0.15, -0.1) is 5.10 Å². The molecule has 0 spiro atoms. The Hall–Kier alpha value is -3.64. The van der Waals surface area contributed by atoms with Gasteiger partial charge >= 0.3 is 0 Å². The molecular formula is C19H16N6O2S. The maximum Gasteiger partial charge on any atom is 0.234 e. The molecule has 8 nitrogen and oxygen atoms in total. The molecule has 2 amide bonds. The van der Waals surface area contributed by atoms with Crippen molar-refractivity contribution in [1.82, 2.24) is 15.2 Å². The highest BCUT2D eigenvalue weighted by Gasteiger charge is 2.11. The first-order chi connectivity index (χ1) is 13.5. The topological polar surface area (TPSA) is 124 Å². The fourth-order valence-electron chi connectivity index (χ4n) is 2.36. The Morgan fingerprint density at radius 2 is 1.89 bits per heavy atom. The van der Waals surface area contributed by atoms with E-state index in [0.29, 0.717) is 27.9 Å². The number of aromatic nitrogens is 3. The molecule has 0 bridgehead atoms. The Bertz CT molecular complexity index is 1040. The van der Waals surface area contributed by atoms with Gasteiger partial charge in [0.1, 0.15) is 6.07 Å². The third-order valence-electron chi connectivity index (χ3n) is 3.60. The zero-order valence-electron chi connectivity index (χ0n) is 14.9. The van der Waals surface area contributed by atoms with Crippen LogP contribution in [0.2, 0.25) is 0 Å². The van der Waals surface area contributed by atoms with E-state index in [0.717, 1.165) is 5.56 Å². The van der Waals surface area contributed by atoms with Crippen LogP contribution >= 0.6 is 11.8 Å². The normalized spacial score (nSPS) is 10.1. The fourth-order valence-corrected chi connectivity index (χ4v) is 2.96. The molecule has 3 aromatic rings. The number of para-hydroxylation sites is 1. The average Bonchev–Trinajstić information content (AvgIpc) is 3.16. The van der Waals surface area contributed by atoms with E-state index in [1.807, 2.05) is 18.2 Å². The van der Waals surface area contributed by atoms with Crippen LogP contribution in [0.15, 0.2) is 53.7 Å². The molecule has 3 N–H and O–H groups in total. The summed E-state index contributed by atoms with van der Waals surface area (Å²) in [5.41, 5.74) is 2.38. The van der Waals surface area contributed by atoms with Crippen LogP contribution in [0.5, 0.6) is 0 Å². The van der Waals surface area contributed by atoms with Crippen molar-refractivity contribution in [2.24, 2.45) is 0 Å². The third kappa shape index (κ3) is 4.96. The van der Waals surface area contributed by atoms with E-state index in [2.05, 4.69) is 25.8 Å². The minimum Gasteiger partial charge on any atom is -0.326 e. The molecule has 0 fully saturated rings. The van der Waals surface area contributed by atoms with E-state index < -0.39 is 0 Å². The number of nitrogens with zero attached hydrogens (tertiary/aromatic N) is 3. The van der Waals surface area contributed by atoms with Gasteiger partial charge in [0.05, 0.1) is 17.0 Å². The number of nitrogens with one attached hydrogen (secondary N) is 3. The molecule has 1 aromatic heterocycles. The maximum atomic E-state index is 12.1. The van der Waals surface area contributed by atoms with Crippen LogP contribution in [0, 0.1) is 11.3 Å². The summed E-state index contributed by atoms with van der Waals surface area (Å²) < 4.78 is 0. The van der Waals surface area contributed by atoms with Crippen LogP contribution < -0.4 is 10.6 Å². The quantitative estimate of drug-likeness (QED) is 0.554. The lowest BCUT2D eigenvalue weighted by atomic mass is 10.2. The molecule has 0 atom stereocenters. The van der Waals surface area contributed by atoms with Crippen LogP contribution in [0.3, 0.4) is 0 Å². The minimum absolute atomic E-state index is 0.110. The summed E-state index contributed by atoms with van der Waals surface area (Å²) in [5.74, 6) is 0.283. The lowest BCUT2D eigenvalue weighted by Crippen LogP contribution is -2.15. The Morgan fingerprint density at radius 3 is 2.61 bits per heavy atom. The van der Waals surface area contributed by atoms with E-state index >= 15 is 0 Å². The van der Waals surface area contributed by atoms with Crippen molar-refractivity contribution >= 4 is 35.0 Å². The molecule has 0 aliphatic carbocycles. The van der Waals surface area contributed by atoms with Crippen LogP contribution in [0.1, 0.15) is 12.5 Å². The molecule has 3 rings (SSSR count). The van der Waals surface area contributed by atoms with Gasteiger partial charge in [0, 0.05) is 18.2 Å². The summed E-state index contributed by atoms with van der Waals surface area (Å²) in [7, 11) is 0. The first kappa shape index (κ1) is 19.1. The first-order valence-electron chi connectivity index (χ1n) is 8.27. The molecule has 0 unspecified atom stereocenters. The molecule has 0 aliphatic heterocycles. The highest BCUT2D eigenvalue weighted by Crippen LogP contribution is 2.21. The molecule has 0 saturated heterocycles. The SMILES string of the molecule is CC(=O)Nc1ccc(-c2nc(SCC(=O)Nc3ccccc3C#N)n[nH]2)cc1. The summed E-state index contributed by atoms with van der Waals surface area (Å²) in [6.07, 6.45) is 0. The monoisotopic (exact) mass is 392 g/mol. The highest BCUT2D eigenvalue weighted by molar-refractivity contribution is 7.99. The van der Waals surface area contributed by atoms with Gasteiger partial charge < -0.3 is 10.6 Å². The molecule has 28 heavy (non-hydrogen) atoms. The van der Waals surface area contributed by atoms with Crippen molar-refractivity contribution in [2.45, 2.75) is 12.1 Å². The number of aromatic amines is 1. The summed E-state index contributed by atoms with van der Waals surface area (Å²) >= 11 is 1.18. The van der Waals surface area contributed by atoms with Gasteiger partial charge in [0.2, 0.25) is 17.0 Å². The lowest BCUT2D eigenvalue weighted by Gasteiger charge is -2.05. The van der Waals surface area contributed by atoms with Gasteiger partial charge in [-0.05, 0) is 36.4 Å². The zero-order valence-corrected chi connectivity index (χ0v) is 15.7. The van der Waals surface area contributed by atoms with Gasteiger partial charge in [-0.25, -0.2) is 4.98 Å². The Kier molecular flexibility index (Phi) is 6.04. The van der Waals surface area contributed by atoms with Gasteiger partial charge in [-0.1, -0.05) is 23.9 Å². The van der Waals surface area contributed by atoms with Crippen molar-refractivity contribution in [3.8, 4) is 17.5 Å². The van der Waals surface area contributed by atoms with Crippen molar-refractivity contribution in [2.75, 3.05) is 16.4 Å². The van der Waals surface area contributed by atoms with Gasteiger partial charge in [0.25, 0.3) is 0 Å². The van der Waals surface area contributed by atoms with Crippen molar-refractivity contribution in [3.05, 3.63) is 54.1 Å². The van der Waals surface area contributed by atoms with Crippen molar-refractivity contribution < 1.29 is 9.59 Å². The molecule has 0 radical (unpaired) electrons. The largest absolute Gasteiger partial charge is 0.326 e. The number of carbonyl (C=O) groups excluding carboxylic acids is 2. The molecule has 0 saturated carbocycles. The number of hydrogen-bond donors (Lipinski definition) is 3. The second kappa shape index (κ2) is 8.83. The number of benzene rings is 2. The predicted molar refractivity (Wildman–Crippen MR) is 107 cm³/mol. The smallest absolute Gasteiger partial charge is 0.234 e. The van der Waals surface area contributed by atoms with E-state index in [1.165, 1.54) is 18.7 Å². The third-order valence-corrected chi connectivity index (χ3v) is 4.44. The number of amides is 2. The second-order valence-corrected chi connectivity index (χ2v) is 6.66. The van der Waals surface area contributed by atoms with E-state index in [1.54, 1.807) is 36.4 Å². The summed E-state index contributed by atoms with van der Waals surface area (Å²) in [6.45, 7) is 1.45. The molecule has 1 heterocycles. The van der Waals surface area contributed by atoms with Crippen LogP contribution in [0.4, 0.5) is 11.4 Å². The van der Waals surface area contributed by atoms with Gasteiger partial charge in [-0.2, -0.15) is 5.26 Å². The maximum absolute atomic E-state index is 12.1. The molecule has 140 valence electrons. The first-order valence-corrected chi connectivity index (χ1v) is 9.26. The Balaban J connectivity index is 1.58. The standard InChI is InChI=1S/C19H16N6O2S/c1-12(26)21-15-8-6-13(7-9-15)18-23-19(25-24-18)28-11-17(27)22-16-5-3-2-4-14(16)10-20/h2-9H,11H2,1H3,(H,21,26)(H,22,27)(H,23,24,25). The molecular weight excluding hydrogens is 376 g/mol. The predicted octanol–water partition coefficient (Wildman–Crippen LogP) is 3.03. The number of nitriles is 1. The Labute approximate surface area is 165 Å². The zero-order chi connectivity index (χ0) is 19.9. The van der Waals surface area contributed by atoms with Gasteiger partial charge in [0.15, 0.2) is 5.82 Å². The number of hydrogen-bond acceptors (Lipinski definition) is 6. The number of carbonyl (C=O) groups is 2. The van der Waals surface area contributed by atoms with Crippen LogP contribution in [-0.2, 0) is 9.59 Å². The van der Waals surface area contributed by atoms with E-state index in [-0.39, 0.29) is 17.6 Å². The summed E-state index contributed by atoms with van der Waals surface area (Å²) in [5, 5.41) is 21.8. The van der Waals surface area contributed by atoms with Crippen LogP contribution in [0.25, 0.3) is 11.4 Å². The molecule has 0 aliphatic rings. The van der Waals surface area contributed by atoms with Crippen LogP contribution in [-0.4, -0.2) is 32.7 Å². The second-order valence-electron chi connectivity index (χ2n) is 5.72. The van der Waals surface area contributed by atoms with Gasteiger partial charge in [-0.3, -0.25) is 14.7 Å². The lowest BCUT2D eigenvalue weighted by molar-refractivity contribution is -0.114. The summed E-state index contributed by atoms with van der Waals surface area (Å²) in [6, 6.07) is 16.0. The van der Waals surface area contributed by atoms with Crippen molar-refractivity contribution in [1.29, 1.82) is 5.26 Å². The number of anilines is 2. The Morgan fingerprint density at radius 1 is 1.14 bits per heavy atom. The number of thioether (sulfide) groups is 1.